The number of rotatable bonds is 5. The second-order valence-corrected chi connectivity index (χ2v) is 6.01. The van der Waals surface area contributed by atoms with E-state index in [1.54, 1.807) is 4.90 Å². The molecule has 0 atom stereocenters. The van der Waals surface area contributed by atoms with Gasteiger partial charge in [0.2, 0.25) is 0 Å². The number of hydrogen-bond acceptors (Lipinski definition) is 2. The highest BCUT2D eigenvalue weighted by atomic mass is 16.5. The molecule has 2 aromatic rings. The molecule has 4 nitrogen and oxygen atoms in total. The van der Waals surface area contributed by atoms with Gasteiger partial charge in [0.1, 0.15) is 5.75 Å². The van der Waals surface area contributed by atoms with Crippen molar-refractivity contribution < 1.29 is 9.53 Å². The molecule has 0 radical (unpaired) electrons. The third kappa shape index (κ3) is 4.07. The Labute approximate surface area is 144 Å². The average molecular weight is 326 g/mol. The molecule has 0 bridgehead atoms. The number of nitrogens with one attached hydrogen (secondary N) is 1. The van der Waals surface area contributed by atoms with Gasteiger partial charge in [-0.1, -0.05) is 24.3 Å². The van der Waals surface area contributed by atoms with Crippen molar-refractivity contribution in [1.29, 1.82) is 0 Å². The van der Waals surface area contributed by atoms with Crippen molar-refractivity contribution in [1.82, 2.24) is 5.32 Å². The van der Waals surface area contributed by atoms with Crippen LogP contribution in [0.5, 0.6) is 5.75 Å². The van der Waals surface area contributed by atoms with Gasteiger partial charge in [-0.15, -0.1) is 0 Å². The number of carbonyl (C=O) groups excluding carboxylic acids is 1. The van der Waals surface area contributed by atoms with Crippen molar-refractivity contribution in [3.8, 4) is 5.75 Å². The van der Waals surface area contributed by atoms with E-state index in [1.165, 1.54) is 5.56 Å². The van der Waals surface area contributed by atoms with E-state index >= 15 is 0 Å². The highest BCUT2D eigenvalue weighted by Crippen LogP contribution is 2.25. The zero-order chi connectivity index (χ0) is 17.7. The van der Waals surface area contributed by atoms with Gasteiger partial charge in [-0.3, -0.25) is 4.90 Å². The first-order valence-electron chi connectivity index (χ1n) is 8.25. The highest BCUT2D eigenvalue weighted by molar-refractivity contribution is 5.91. The lowest BCUT2D eigenvalue weighted by atomic mass is 10.1. The van der Waals surface area contributed by atoms with E-state index in [9.17, 15) is 4.79 Å². The number of carbonyl (C=O) groups is 1. The van der Waals surface area contributed by atoms with Crippen molar-refractivity contribution in [2.24, 2.45) is 0 Å². The van der Waals surface area contributed by atoms with Gasteiger partial charge in [0, 0.05) is 12.2 Å². The maximum Gasteiger partial charge on any atom is 0.324 e. The molecule has 24 heavy (non-hydrogen) atoms. The maximum absolute atomic E-state index is 12.4. The molecule has 2 rings (SSSR count). The fourth-order valence-corrected chi connectivity index (χ4v) is 2.65. The molecule has 4 heteroatoms. The molecule has 0 unspecified atom stereocenters. The molecule has 0 aliphatic carbocycles. The van der Waals surface area contributed by atoms with Crippen LogP contribution in [0.2, 0.25) is 0 Å². The summed E-state index contributed by atoms with van der Waals surface area (Å²) in [7, 11) is 0. The number of anilines is 1. The van der Waals surface area contributed by atoms with Crippen LogP contribution in [0.25, 0.3) is 0 Å². The van der Waals surface area contributed by atoms with E-state index in [0.29, 0.717) is 6.54 Å². The number of aryl methyl sites for hydroxylation is 3. The molecule has 0 fully saturated rings. The van der Waals surface area contributed by atoms with Gasteiger partial charge in [0.05, 0.1) is 0 Å². The summed E-state index contributed by atoms with van der Waals surface area (Å²) in [5.74, 6) is 0.842. The van der Waals surface area contributed by atoms with Crippen LogP contribution in [0.3, 0.4) is 0 Å². The van der Waals surface area contributed by atoms with Crippen LogP contribution in [0.15, 0.2) is 36.4 Å². The lowest BCUT2D eigenvalue weighted by Crippen LogP contribution is -2.41. The van der Waals surface area contributed by atoms with Crippen LogP contribution < -0.4 is 15.0 Å². The number of urea groups is 1. The molecule has 2 aromatic carbocycles. The van der Waals surface area contributed by atoms with Crippen molar-refractivity contribution in [3.63, 3.8) is 0 Å². The van der Waals surface area contributed by atoms with Crippen LogP contribution in [0.1, 0.15) is 29.2 Å². The summed E-state index contributed by atoms with van der Waals surface area (Å²) in [6.45, 7) is 10.8. The summed E-state index contributed by atoms with van der Waals surface area (Å²) in [6, 6.07) is 11.9. The number of hydrogen-bond donors (Lipinski definition) is 1. The quantitative estimate of drug-likeness (QED) is 0.822. The van der Waals surface area contributed by atoms with Crippen LogP contribution in [-0.4, -0.2) is 19.3 Å². The van der Waals surface area contributed by atoms with E-state index in [-0.39, 0.29) is 12.8 Å². The van der Waals surface area contributed by atoms with E-state index in [1.807, 2.05) is 58.0 Å². The zero-order valence-electron chi connectivity index (χ0n) is 15.1. The first-order chi connectivity index (χ1) is 11.4. The van der Waals surface area contributed by atoms with Gasteiger partial charge in [-0.05, 0) is 69.0 Å². The molecule has 0 aliphatic heterocycles. The average Bonchev–Trinajstić information content (AvgIpc) is 2.55. The Kier molecular flexibility index (Phi) is 5.85. The molecular weight excluding hydrogens is 300 g/mol. The first-order valence-corrected chi connectivity index (χ1v) is 8.25. The standard InChI is InChI=1S/C20H26N2O2/c1-6-22(18-9-7-8-14(2)12-18)20(23)21-13-24-19-16(4)11-10-15(3)17(19)5/h7-12H,6,13H2,1-5H3,(H,21,23). The van der Waals surface area contributed by atoms with Crippen LogP contribution in [0, 0.1) is 27.7 Å². The molecule has 1 N–H and O–H groups in total. The van der Waals surface area contributed by atoms with Crippen molar-refractivity contribution in [3.05, 3.63) is 58.7 Å². The number of nitrogens with zero attached hydrogens (tertiary/aromatic N) is 1. The van der Waals surface area contributed by atoms with Crippen molar-refractivity contribution in [2.45, 2.75) is 34.6 Å². The summed E-state index contributed by atoms with van der Waals surface area (Å²) >= 11 is 0. The second kappa shape index (κ2) is 7.86. The molecule has 0 aromatic heterocycles. The Hall–Kier alpha value is -2.49. The van der Waals surface area contributed by atoms with Gasteiger partial charge >= 0.3 is 6.03 Å². The molecule has 0 heterocycles. The Morgan fingerprint density at radius 2 is 1.79 bits per heavy atom. The summed E-state index contributed by atoms with van der Waals surface area (Å²) in [4.78, 5) is 14.1. The summed E-state index contributed by atoms with van der Waals surface area (Å²) in [5, 5.41) is 2.84. The molecule has 2 amide bonds. The topological polar surface area (TPSA) is 41.6 Å². The molecule has 0 spiro atoms. The largest absolute Gasteiger partial charge is 0.473 e. The minimum Gasteiger partial charge on any atom is -0.473 e. The van der Waals surface area contributed by atoms with Crippen LogP contribution in [0.4, 0.5) is 10.5 Å². The Balaban J connectivity index is 2.01. The van der Waals surface area contributed by atoms with Gasteiger partial charge < -0.3 is 10.1 Å². The van der Waals surface area contributed by atoms with E-state index in [4.69, 9.17) is 4.74 Å². The van der Waals surface area contributed by atoms with E-state index in [0.717, 1.165) is 28.1 Å². The molecule has 0 aliphatic rings. The van der Waals surface area contributed by atoms with E-state index in [2.05, 4.69) is 18.3 Å². The number of benzene rings is 2. The van der Waals surface area contributed by atoms with Gasteiger partial charge in [-0.2, -0.15) is 0 Å². The Morgan fingerprint density at radius 3 is 2.46 bits per heavy atom. The Bertz CT molecular complexity index is 726. The van der Waals surface area contributed by atoms with Gasteiger partial charge in [0.15, 0.2) is 6.73 Å². The monoisotopic (exact) mass is 326 g/mol. The first kappa shape index (κ1) is 17.9. The summed E-state index contributed by atoms with van der Waals surface area (Å²) < 4.78 is 5.81. The molecule has 0 saturated heterocycles. The number of ether oxygens (including phenoxy) is 1. The molecular formula is C20H26N2O2. The lowest BCUT2D eigenvalue weighted by molar-refractivity contribution is 0.228. The van der Waals surface area contributed by atoms with Crippen LogP contribution in [-0.2, 0) is 0 Å². The number of amides is 2. The summed E-state index contributed by atoms with van der Waals surface area (Å²) in [6.07, 6.45) is 0. The molecule has 0 saturated carbocycles. The third-order valence-corrected chi connectivity index (χ3v) is 4.19. The fourth-order valence-electron chi connectivity index (χ4n) is 2.65. The van der Waals surface area contributed by atoms with Crippen molar-refractivity contribution >= 4 is 11.7 Å². The van der Waals surface area contributed by atoms with Gasteiger partial charge in [0.25, 0.3) is 0 Å². The lowest BCUT2D eigenvalue weighted by Gasteiger charge is -2.22. The SMILES string of the molecule is CCN(C(=O)NCOc1c(C)ccc(C)c1C)c1cccc(C)c1. The van der Waals surface area contributed by atoms with E-state index < -0.39 is 0 Å². The second-order valence-electron chi connectivity index (χ2n) is 6.01. The maximum atomic E-state index is 12.4. The van der Waals surface area contributed by atoms with Crippen LogP contribution >= 0.6 is 0 Å². The smallest absolute Gasteiger partial charge is 0.324 e. The third-order valence-electron chi connectivity index (χ3n) is 4.19. The zero-order valence-corrected chi connectivity index (χ0v) is 15.1. The normalized spacial score (nSPS) is 10.4. The predicted octanol–water partition coefficient (Wildman–Crippen LogP) is 4.49. The highest BCUT2D eigenvalue weighted by Gasteiger charge is 2.14. The molecule has 128 valence electrons. The predicted molar refractivity (Wildman–Crippen MR) is 98.9 cm³/mol. The van der Waals surface area contributed by atoms with Gasteiger partial charge in [-0.25, -0.2) is 4.79 Å². The fraction of sp³-hybridized carbons (Fsp3) is 0.350. The Morgan fingerprint density at radius 1 is 1.08 bits per heavy atom. The summed E-state index contributed by atoms with van der Waals surface area (Å²) in [5.41, 5.74) is 5.37. The van der Waals surface area contributed by atoms with Crippen molar-refractivity contribution in [2.75, 3.05) is 18.2 Å². The minimum atomic E-state index is -0.161. The minimum absolute atomic E-state index is 0.145.